The van der Waals surface area contributed by atoms with Crippen molar-refractivity contribution in [3.63, 3.8) is 0 Å². The molecular weight excluding hydrogens is 162 g/mol. The summed E-state index contributed by atoms with van der Waals surface area (Å²) >= 11 is 0. The normalized spacial score (nSPS) is 12.5. The molecule has 0 heterocycles. The molecular formula is C11H17NO. The number of hydrogen-bond donors (Lipinski definition) is 1. The first-order chi connectivity index (χ1) is 6.29. The van der Waals surface area contributed by atoms with Gasteiger partial charge in [0.05, 0.1) is 7.11 Å². The van der Waals surface area contributed by atoms with Crippen LogP contribution in [-0.4, -0.2) is 13.7 Å². The average Bonchev–Trinajstić information content (AvgIpc) is 2.18. The van der Waals surface area contributed by atoms with Crippen LogP contribution in [0.3, 0.4) is 0 Å². The quantitative estimate of drug-likeness (QED) is 0.766. The van der Waals surface area contributed by atoms with Gasteiger partial charge in [-0.25, -0.2) is 0 Å². The van der Waals surface area contributed by atoms with Crippen molar-refractivity contribution in [2.24, 2.45) is 0 Å². The summed E-state index contributed by atoms with van der Waals surface area (Å²) in [5.74, 6) is 0.955. The van der Waals surface area contributed by atoms with E-state index < -0.39 is 0 Å². The van der Waals surface area contributed by atoms with Crippen LogP contribution >= 0.6 is 0 Å². The molecule has 1 atom stereocenters. The summed E-state index contributed by atoms with van der Waals surface area (Å²) < 4.78 is 5.27. The van der Waals surface area contributed by atoms with Crippen LogP contribution in [0.4, 0.5) is 0 Å². The van der Waals surface area contributed by atoms with E-state index in [0.29, 0.717) is 6.04 Å². The molecule has 0 aliphatic rings. The molecule has 0 aliphatic carbocycles. The van der Waals surface area contributed by atoms with E-state index in [2.05, 4.69) is 25.2 Å². The van der Waals surface area contributed by atoms with Gasteiger partial charge in [-0.15, -0.1) is 0 Å². The highest BCUT2D eigenvalue weighted by Gasteiger charge is 2.08. The Bertz CT molecular complexity index is 260. The summed E-state index contributed by atoms with van der Waals surface area (Å²) in [5, 5.41) is 3.36. The Morgan fingerprint density at radius 1 is 1.38 bits per heavy atom. The number of methoxy groups -OCH3 is 1. The van der Waals surface area contributed by atoms with Gasteiger partial charge in [-0.2, -0.15) is 0 Å². The second kappa shape index (κ2) is 4.87. The van der Waals surface area contributed by atoms with Crippen LogP contribution in [0.2, 0.25) is 0 Å². The Balaban J connectivity index is 2.85. The Hall–Kier alpha value is -1.02. The summed E-state index contributed by atoms with van der Waals surface area (Å²) in [6.45, 7) is 5.21. The monoisotopic (exact) mass is 179 g/mol. The minimum Gasteiger partial charge on any atom is -0.496 e. The lowest BCUT2D eigenvalue weighted by molar-refractivity contribution is 0.402. The Kier molecular flexibility index (Phi) is 3.77. The molecule has 1 aromatic rings. The molecule has 2 heteroatoms. The van der Waals surface area contributed by atoms with E-state index in [1.165, 1.54) is 5.56 Å². The predicted molar refractivity (Wildman–Crippen MR) is 55.1 cm³/mol. The highest BCUT2D eigenvalue weighted by atomic mass is 16.5. The first-order valence-corrected chi connectivity index (χ1v) is 4.66. The number of rotatable bonds is 4. The zero-order chi connectivity index (χ0) is 9.68. The number of hydrogen-bond acceptors (Lipinski definition) is 2. The second-order valence-electron chi connectivity index (χ2n) is 3.02. The zero-order valence-electron chi connectivity index (χ0n) is 8.50. The molecule has 0 saturated carbocycles. The molecule has 2 nitrogen and oxygen atoms in total. The first-order valence-electron chi connectivity index (χ1n) is 4.66. The predicted octanol–water partition coefficient (Wildman–Crippen LogP) is 2.37. The summed E-state index contributed by atoms with van der Waals surface area (Å²) in [5.41, 5.74) is 1.21. The van der Waals surface area contributed by atoms with Gasteiger partial charge in [-0.3, -0.25) is 0 Å². The van der Waals surface area contributed by atoms with Crippen LogP contribution in [0.25, 0.3) is 0 Å². The van der Waals surface area contributed by atoms with Crippen molar-refractivity contribution in [3.8, 4) is 5.75 Å². The van der Waals surface area contributed by atoms with Crippen molar-refractivity contribution in [3.05, 3.63) is 29.8 Å². The van der Waals surface area contributed by atoms with E-state index in [9.17, 15) is 0 Å². The van der Waals surface area contributed by atoms with Crippen LogP contribution in [-0.2, 0) is 0 Å². The molecule has 1 N–H and O–H groups in total. The lowest BCUT2D eigenvalue weighted by atomic mass is 10.1. The largest absolute Gasteiger partial charge is 0.496 e. The Labute approximate surface area is 79.9 Å². The van der Waals surface area contributed by atoms with E-state index in [1.54, 1.807) is 7.11 Å². The van der Waals surface area contributed by atoms with Gasteiger partial charge in [0.1, 0.15) is 5.75 Å². The van der Waals surface area contributed by atoms with Crippen molar-refractivity contribution < 1.29 is 4.74 Å². The van der Waals surface area contributed by atoms with Gasteiger partial charge in [0.25, 0.3) is 0 Å². The van der Waals surface area contributed by atoms with Gasteiger partial charge >= 0.3 is 0 Å². The van der Waals surface area contributed by atoms with E-state index in [0.717, 1.165) is 12.3 Å². The van der Waals surface area contributed by atoms with Crippen LogP contribution < -0.4 is 10.1 Å². The maximum atomic E-state index is 5.27. The molecule has 0 aliphatic heterocycles. The van der Waals surface area contributed by atoms with E-state index in [4.69, 9.17) is 4.74 Å². The number of nitrogens with one attached hydrogen (secondary N) is 1. The summed E-state index contributed by atoms with van der Waals surface area (Å²) in [7, 11) is 1.71. The smallest absolute Gasteiger partial charge is 0.123 e. The highest BCUT2D eigenvalue weighted by molar-refractivity contribution is 5.35. The van der Waals surface area contributed by atoms with E-state index in [-0.39, 0.29) is 0 Å². The van der Waals surface area contributed by atoms with Gasteiger partial charge in [0, 0.05) is 11.6 Å². The number of ether oxygens (including phenoxy) is 1. The van der Waals surface area contributed by atoms with Crippen molar-refractivity contribution in [2.75, 3.05) is 13.7 Å². The van der Waals surface area contributed by atoms with Gasteiger partial charge in [0.2, 0.25) is 0 Å². The van der Waals surface area contributed by atoms with Gasteiger partial charge in [-0.1, -0.05) is 25.1 Å². The van der Waals surface area contributed by atoms with Crippen LogP contribution in [0.1, 0.15) is 25.5 Å². The summed E-state index contributed by atoms with van der Waals surface area (Å²) in [6.07, 6.45) is 0. The molecule has 13 heavy (non-hydrogen) atoms. The minimum atomic E-state index is 0.348. The third-order valence-electron chi connectivity index (χ3n) is 2.12. The molecule has 0 bridgehead atoms. The lowest BCUT2D eigenvalue weighted by Crippen LogP contribution is -2.18. The Morgan fingerprint density at radius 3 is 2.69 bits per heavy atom. The summed E-state index contributed by atoms with van der Waals surface area (Å²) in [6, 6.07) is 8.45. The number of para-hydroxylation sites is 1. The van der Waals surface area contributed by atoms with Crippen LogP contribution in [0.15, 0.2) is 24.3 Å². The third kappa shape index (κ3) is 2.46. The lowest BCUT2D eigenvalue weighted by Gasteiger charge is -2.15. The molecule has 1 aromatic carbocycles. The van der Waals surface area contributed by atoms with Crippen LogP contribution in [0.5, 0.6) is 5.75 Å². The third-order valence-corrected chi connectivity index (χ3v) is 2.12. The first kappa shape index (κ1) is 10.1. The molecule has 0 spiro atoms. The van der Waals surface area contributed by atoms with Crippen molar-refractivity contribution in [1.29, 1.82) is 0 Å². The second-order valence-corrected chi connectivity index (χ2v) is 3.02. The van der Waals surface area contributed by atoms with Crippen molar-refractivity contribution in [2.45, 2.75) is 19.9 Å². The van der Waals surface area contributed by atoms with Crippen molar-refractivity contribution in [1.82, 2.24) is 5.32 Å². The molecule has 72 valence electrons. The maximum absolute atomic E-state index is 5.27. The molecule has 0 aromatic heterocycles. The van der Waals surface area contributed by atoms with Gasteiger partial charge in [0.15, 0.2) is 0 Å². The SMILES string of the molecule is CCN[C@@H](C)c1ccccc1OC. The maximum Gasteiger partial charge on any atom is 0.123 e. The minimum absolute atomic E-state index is 0.348. The Morgan fingerprint density at radius 2 is 2.08 bits per heavy atom. The standard InChI is InChI=1S/C11H17NO/c1-4-12-9(2)10-7-5-6-8-11(10)13-3/h5-9,12H,4H2,1-3H3/t9-/m0/s1. The summed E-state index contributed by atoms with van der Waals surface area (Å²) in [4.78, 5) is 0. The van der Waals surface area contributed by atoms with Crippen molar-refractivity contribution >= 4 is 0 Å². The number of benzene rings is 1. The van der Waals surface area contributed by atoms with E-state index >= 15 is 0 Å². The van der Waals surface area contributed by atoms with E-state index in [1.807, 2.05) is 18.2 Å². The highest BCUT2D eigenvalue weighted by Crippen LogP contribution is 2.23. The molecule has 0 saturated heterocycles. The molecule has 0 fully saturated rings. The van der Waals surface area contributed by atoms with Crippen LogP contribution in [0, 0.1) is 0 Å². The molecule has 0 radical (unpaired) electrons. The van der Waals surface area contributed by atoms with Gasteiger partial charge in [-0.05, 0) is 19.5 Å². The fraction of sp³-hybridized carbons (Fsp3) is 0.455. The fourth-order valence-electron chi connectivity index (χ4n) is 1.44. The fourth-order valence-corrected chi connectivity index (χ4v) is 1.44. The molecule has 0 amide bonds. The molecule has 1 rings (SSSR count). The zero-order valence-corrected chi connectivity index (χ0v) is 8.50. The van der Waals surface area contributed by atoms with Gasteiger partial charge < -0.3 is 10.1 Å². The average molecular weight is 179 g/mol. The topological polar surface area (TPSA) is 21.3 Å². The molecule has 0 unspecified atom stereocenters.